The molecule has 5 heteroatoms. The van der Waals surface area contributed by atoms with Gasteiger partial charge in [0.25, 0.3) is 5.91 Å². The molecule has 0 radical (unpaired) electrons. The van der Waals surface area contributed by atoms with E-state index in [0.717, 1.165) is 12.0 Å². The second-order valence-electron chi connectivity index (χ2n) is 7.74. The summed E-state index contributed by atoms with van der Waals surface area (Å²) in [6, 6.07) is 10.0. The molecule has 2 unspecified atom stereocenters. The first-order valence-corrected chi connectivity index (χ1v) is 9.06. The minimum atomic E-state index is -0.375. The number of carbonyl (C=O) groups is 2. The quantitative estimate of drug-likeness (QED) is 0.818. The molecule has 140 valence electrons. The maximum Gasteiger partial charge on any atom is 0.315 e. The molecule has 26 heavy (non-hydrogen) atoms. The Morgan fingerprint density at radius 1 is 1.23 bits per heavy atom. The van der Waals surface area contributed by atoms with Gasteiger partial charge < -0.3 is 10.6 Å². The number of hydrogen-bond acceptors (Lipinski definition) is 2. The average molecular weight is 355 g/mol. The van der Waals surface area contributed by atoms with E-state index >= 15 is 0 Å². The molecule has 2 rings (SSSR count). The van der Waals surface area contributed by atoms with Crippen LogP contribution in [-0.4, -0.2) is 30.2 Å². The fourth-order valence-electron chi connectivity index (χ4n) is 3.45. The predicted octanol–water partition coefficient (Wildman–Crippen LogP) is 3.61. The van der Waals surface area contributed by atoms with E-state index in [1.165, 1.54) is 5.56 Å². The first-order chi connectivity index (χ1) is 12.2. The number of dihydropyridines is 1. The topological polar surface area (TPSA) is 70.6 Å². The van der Waals surface area contributed by atoms with Crippen LogP contribution in [0.25, 0.3) is 0 Å². The molecule has 1 aliphatic rings. The number of nitrogens with one attached hydrogen (secondary N) is 2. The molecule has 0 saturated carbocycles. The number of rotatable bonds is 6. The van der Waals surface area contributed by atoms with Crippen LogP contribution in [-0.2, 0) is 10.2 Å². The Bertz CT molecular complexity index is 720. The maximum absolute atomic E-state index is 12.2. The summed E-state index contributed by atoms with van der Waals surface area (Å²) in [6.07, 6.45) is 2.70. The number of urea groups is 1. The Hall–Kier alpha value is -2.43. The first kappa shape index (κ1) is 19.9. The van der Waals surface area contributed by atoms with Crippen molar-refractivity contribution in [1.29, 1.82) is 0 Å². The number of allylic oxidation sites excluding steroid dienone is 1. The van der Waals surface area contributed by atoms with Crippen molar-refractivity contribution in [2.45, 2.75) is 52.5 Å². The summed E-state index contributed by atoms with van der Waals surface area (Å²) in [6.45, 7) is 10.3. The first-order valence-electron chi connectivity index (χ1n) is 9.06. The number of nitrogens with zero attached hydrogens (tertiary/aromatic N) is 1. The van der Waals surface area contributed by atoms with Crippen molar-refractivity contribution in [3.63, 3.8) is 0 Å². The van der Waals surface area contributed by atoms with Crippen LogP contribution in [0.2, 0.25) is 0 Å². The molecular weight excluding hydrogens is 326 g/mol. The highest BCUT2D eigenvalue weighted by Gasteiger charge is 2.26. The summed E-state index contributed by atoms with van der Waals surface area (Å²) < 4.78 is 0. The molecule has 1 heterocycles. The zero-order chi connectivity index (χ0) is 19.3. The third kappa shape index (κ3) is 5.28. The molecule has 1 aromatic rings. The van der Waals surface area contributed by atoms with Gasteiger partial charge in [-0.25, -0.2) is 9.79 Å². The van der Waals surface area contributed by atoms with Crippen LogP contribution in [0.5, 0.6) is 0 Å². The number of amides is 3. The molecule has 1 aliphatic heterocycles. The monoisotopic (exact) mass is 355 g/mol. The highest BCUT2D eigenvalue weighted by molar-refractivity contribution is 6.05. The average Bonchev–Trinajstić information content (AvgIpc) is 2.54. The van der Waals surface area contributed by atoms with Gasteiger partial charge in [-0.3, -0.25) is 4.79 Å². The van der Waals surface area contributed by atoms with Crippen molar-refractivity contribution in [3.8, 4) is 0 Å². The number of aliphatic imine (C=N–C) groups is 1. The normalized spacial score (nSPS) is 18.7. The lowest BCUT2D eigenvalue weighted by Gasteiger charge is -2.29. The van der Waals surface area contributed by atoms with Crippen LogP contribution in [0.1, 0.15) is 46.6 Å². The van der Waals surface area contributed by atoms with Crippen molar-refractivity contribution < 1.29 is 9.59 Å². The van der Waals surface area contributed by atoms with E-state index in [0.29, 0.717) is 5.71 Å². The largest absolute Gasteiger partial charge is 0.337 e. The Balaban J connectivity index is 1.84. The standard InChI is InChI=1S/C21H29N3O2/c1-14-11-15(2)23-19(25)18(14)13-22-20(26)24-16(3)12-21(4,5)17-9-7-6-8-10-17/h6-11,16,18H,12-13H2,1-5H3,(H2,22,24,26). The van der Waals surface area contributed by atoms with E-state index in [2.05, 4.69) is 41.6 Å². The minimum absolute atomic E-state index is 0.00386. The van der Waals surface area contributed by atoms with Crippen LogP contribution >= 0.6 is 0 Å². The summed E-state index contributed by atoms with van der Waals surface area (Å²) in [4.78, 5) is 28.2. The van der Waals surface area contributed by atoms with Crippen molar-refractivity contribution in [2.24, 2.45) is 10.9 Å². The molecule has 0 spiro atoms. The highest BCUT2D eigenvalue weighted by Crippen LogP contribution is 2.28. The van der Waals surface area contributed by atoms with Gasteiger partial charge in [0.2, 0.25) is 0 Å². The number of benzene rings is 1. The van der Waals surface area contributed by atoms with Gasteiger partial charge in [-0.15, -0.1) is 0 Å². The summed E-state index contributed by atoms with van der Waals surface area (Å²) in [7, 11) is 0. The smallest absolute Gasteiger partial charge is 0.315 e. The molecule has 5 nitrogen and oxygen atoms in total. The van der Waals surface area contributed by atoms with Crippen molar-refractivity contribution in [3.05, 3.63) is 47.5 Å². The Morgan fingerprint density at radius 3 is 2.50 bits per heavy atom. The Labute approximate surface area is 156 Å². The number of carbonyl (C=O) groups excluding carboxylic acids is 2. The molecule has 0 saturated heterocycles. The molecule has 3 amide bonds. The predicted molar refractivity (Wildman–Crippen MR) is 105 cm³/mol. The highest BCUT2D eigenvalue weighted by atomic mass is 16.2. The van der Waals surface area contributed by atoms with E-state index < -0.39 is 0 Å². The molecular formula is C21H29N3O2. The zero-order valence-corrected chi connectivity index (χ0v) is 16.3. The van der Waals surface area contributed by atoms with Crippen LogP contribution in [0.4, 0.5) is 4.79 Å². The summed E-state index contributed by atoms with van der Waals surface area (Å²) >= 11 is 0. The summed E-state index contributed by atoms with van der Waals surface area (Å²) in [5, 5.41) is 5.77. The van der Waals surface area contributed by atoms with Crippen molar-refractivity contribution >= 4 is 17.6 Å². The Morgan fingerprint density at radius 2 is 1.88 bits per heavy atom. The second-order valence-corrected chi connectivity index (χ2v) is 7.74. The van der Waals surface area contributed by atoms with Crippen molar-refractivity contribution in [1.82, 2.24) is 10.6 Å². The van der Waals surface area contributed by atoms with E-state index in [1.807, 2.05) is 38.1 Å². The molecule has 0 bridgehead atoms. The van der Waals surface area contributed by atoms with E-state index in [9.17, 15) is 9.59 Å². The lowest BCUT2D eigenvalue weighted by Crippen LogP contribution is -2.45. The molecule has 0 aliphatic carbocycles. The van der Waals surface area contributed by atoms with Crippen LogP contribution in [0, 0.1) is 5.92 Å². The molecule has 0 aromatic heterocycles. The van der Waals surface area contributed by atoms with E-state index in [1.54, 1.807) is 6.92 Å². The Kier molecular flexibility index (Phi) is 6.35. The van der Waals surface area contributed by atoms with Gasteiger partial charge in [0.1, 0.15) is 0 Å². The molecule has 2 N–H and O–H groups in total. The zero-order valence-electron chi connectivity index (χ0n) is 16.3. The third-order valence-electron chi connectivity index (χ3n) is 4.79. The van der Waals surface area contributed by atoms with Gasteiger partial charge in [0, 0.05) is 18.3 Å². The lowest BCUT2D eigenvalue weighted by atomic mass is 9.79. The van der Waals surface area contributed by atoms with Crippen LogP contribution in [0.3, 0.4) is 0 Å². The van der Waals surface area contributed by atoms with E-state index in [-0.39, 0.29) is 35.9 Å². The van der Waals surface area contributed by atoms with Crippen LogP contribution < -0.4 is 10.6 Å². The van der Waals surface area contributed by atoms with E-state index in [4.69, 9.17) is 0 Å². The molecule has 2 atom stereocenters. The maximum atomic E-state index is 12.2. The molecule has 0 fully saturated rings. The number of hydrogen-bond donors (Lipinski definition) is 2. The van der Waals surface area contributed by atoms with Gasteiger partial charge in [0.15, 0.2) is 0 Å². The SMILES string of the molecule is CC1=CC(C)=NC(=O)C1CNC(=O)NC(C)CC(C)(C)c1ccccc1. The van der Waals surface area contributed by atoms with Gasteiger partial charge in [-0.2, -0.15) is 0 Å². The fraction of sp³-hybridized carbons (Fsp3) is 0.476. The lowest BCUT2D eigenvalue weighted by molar-refractivity contribution is -0.120. The van der Waals surface area contributed by atoms with Gasteiger partial charge in [0.05, 0.1) is 5.92 Å². The van der Waals surface area contributed by atoms with Gasteiger partial charge in [-0.1, -0.05) is 49.8 Å². The van der Waals surface area contributed by atoms with Gasteiger partial charge in [-0.05, 0) is 44.2 Å². The summed E-state index contributed by atoms with van der Waals surface area (Å²) in [5.41, 5.74) is 2.85. The second kappa shape index (κ2) is 8.30. The van der Waals surface area contributed by atoms with Crippen molar-refractivity contribution in [2.75, 3.05) is 6.54 Å². The summed E-state index contributed by atoms with van der Waals surface area (Å²) in [5.74, 6) is -0.568. The molecule has 1 aromatic carbocycles. The fourth-order valence-corrected chi connectivity index (χ4v) is 3.45. The minimum Gasteiger partial charge on any atom is -0.337 e. The van der Waals surface area contributed by atoms with Gasteiger partial charge >= 0.3 is 6.03 Å². The third-order valence-corrected chi connectivity index (χ3v) is 4.79. The van der Waals surface area contributed by atoms with Crippen LogP contribution in [0.15, 0.2) is 47.0 Å².